The first kappa shape index (κ1) is 27.0. The fourth-order valence-corrected chi connectivity index (χ4v) is 5.18. The van der Waals surface area contributed by atoms with Crippen LogP contribution in [0.3, 0.4) is 0 Å². The second-order valence-electron chi connectivity index (χ2n) is 9.92. The van der Waals surface area contributed by atoms with Crippen molar-refractivity contribution in [1.82, 2.24) is 14.5 Å². The molecule has 0 spiro atoms. The number of carbonyl (C=O) groups is 1. The Morgan fingerprint density at radius 3 is 2.41 bits per heavy atom. The SMILES string of the molecule is CCCCn1c(-c2ccccc2)nc(Cl)c1CN(Cc1cccc(C(C)=O)c1)Cc1ccc2c(c1)OCCO2. The van der Waals surface area contributed by atoms with Crippen molar-refractivity contribution in [1.29, 1.82) is 0 Å². The van der Waals surface area contributed by atoms with Gasteiger partial charge in [-0.1, -0.05) is 79.5 Å². The molecule has 0 unspecified atom stereocenters. The Balaban J connectivity index is 1.50. The van der Waals surface area contributed by atoms with Crippen LogP contribution in [-0.4, -0.2) is 33.4 Å². The van der Waals surface area contributed by atoms with E-state index in [2.05, 4.69) is 46.7 Å². The molecule has 0 radical (unpaired) electrons. The van der Waals surface area contributed by atoms with Gasteiger partial charge in [-0.15, -0.1) is 0 Å². The maximum atomic E-state index is 12.1. The van der Waals surface area contributed by atoms with E-state index in [1.54, 1.807) is 6.92 Å². The van der Waals surface area contributed by atoms with Crippen molar-refractivity contribution in [3.63, 3.8) is 0 Å². The number of nitrogens with zero attached hydrogens (tertiary/aromatic N) is 3. The maximum Gasteiger partial charge on any atom is 0.161 e. The summed E-state index contributed by atoms with van der Waals surface area (Å²) in [5, 5.41) is 0.523. The number of unbranched alkanes of at least 4 members (excludes halogenated alkanes) is 1. The van der Waals surface area contributed by atoms with Gasteiger partial charge in [-0.2, -0.15) is 0 Å². The Labute approximate surface area is 235 Å². The highest BCUT2D eigenvalue weighted by atomic mass is 35.5. The molecular weight excluding hydrogens is 510 g/mol. The van der Waals surface area contributed by atoms with Crippen molar-refractivity contribution in [3.05, 3.63) is 100 Å². The predicted octanol–water partition coefficient (Wildman–Crippen LogP) is 7.18. The average molecular weight is 544 g/mol. The molecule has 0 N–H and O–H groups in total. The van der Waals surface area contributed by atoms with Gasteiger partial charge in [0.2, 0.25) is 0 Å². The summed E-state index contributed by atoms with van der Waals surface area (Å²) in [6, 6.07) is 24.2. The third-order valence-corrected chi connectivity index (χ3v) is 7.22. The van der Waals surface area contributed by atoms with E-state index in [1.807, 2.05) is 42.5 Å². The summed E-state index contributed by atoms with van der Waals surface area (Å²) >= 11 is 6.85. The number of benzene rings is 3. The summed E-state index contributed by atoms with van der Waals surface area (Å²) in [4.78, 5) is 19.2. The Kier molecular flexibility index (Phi) is 8.64. The minimum atomic E-state index is 0.0587. The zero-order valence-electron chi connectivity index (χ0n) is 22.5. The lowest BCUT2D eigenvalue weighted by molar-refractivity contribution is 0.101. The van der Waals surface area contributed by atoms with E-state index in [0.29, 0.717) is 43.6 Å². The standard InChI is InChI=1S/C32H34ClN3O3/c1-3-4-15-36-28(31(33)34-32(36)26-10-6-5-7-11-26)22-35(20-24-9-8-12-27(18-24)23(2)37)21-25-13-14-29-30(19-25)39-17-16-38-29/h5-14,18-19H,3-4,15-17,20-22H2,1-2H3. The zero-order valence-corrected chi connectivity index (χ0v) is 23.3. The van der Waals surface area contributed by atoms with E-state index in [-0.39, 0.29) is 5.78 Å². The molecule has 0 aliphatic carbocycles. The maximum absolute atomic E-state index is 12.1. The molecule has 5 rings (SSSR count). The minimum absolute atomic E-state index is 0.0587. The molecule has 39 heavy (non-hydrogen) atoms. The van der Waals surface area contributed by atoms with Gasteiger partial charge in [0.1, 0.15) is 19.0 Å². The molecule has 0 saturated heterocycles. The van der Waals surface area contributed by atoms with Gasteiger partial charge < -0.3 is 14.0 Å². The Bertz CT molecular complexity index is 1430. The molecule has 2 heterocycles. The van der Waals surface area contributed by atoms with E-state index in [1.165, 1.54) is 0 Å². The highest BCUT2D eigenvalue weighted by molar-refractivity contribution is 6.30. The summed E-state index contributed by atoms with van der Waals surface area (Å²) in [5.41, 5.74) is 4.93. The lowest BCUT2D eigenvalue weighted by Gasteiger charge is -2.25. The third kappa shape index (κ3) is 6.52. The monoisotopic (exact) mass is 543 g/mol. The van der Waals surface area contributed by atoms with Gasteiger partial charge in [-0.3, -0.25) is 9.69 Å². The smallest absolute Gasteiger partial charge is 0.161 e. The fourth-order valence-electron chi connectivity index (χ4n) is 4.94. The molecule has 202 valence electrons. The van der Waals surface area contributed by atoms with Crippen molar-refractivity contribution in [2.24, 2.45) is 0 Å². The van der Waals surface area contributed by atoms with Crippen LogP contribution in [0.5, 0.6) is 11.5 Å². The van der Waals surface area contributed by atoms with Crippen LogP contribution in [0.15, 0.2) is 72.8 Å². The Morgan fingerprint density at radius 2 is 1.67 bits per heavy atom. The number of hydrogen-bond donors (Lipinski definition) is 0. The van der Waals surface area contributed by atoms with Gasteiger partial charge in [-0.05, 0) is 42.7 Å². The predicted molar refractivity (Wildman–Crippen MR) is 154 cm³/mol. The van der Waals surface area contributed by atoms with Gasteiger partial charge in [0.25, 0.3) is 0 Å². The van der Waals surface area contributed by atoms with Crippen LogP contribution in [0.1, 0.15) is 53.9 Å². The number of carbonyl (C=O) groups excluding carboxylic acids is 1. The van der Waals surface area contributed by atoms with E-state index in [4.69, 9.17) is 26.1 Å². The highest BCUT2D eigenvalue weighted by Crippen LogP contribution is 2.32. The minimum Gasteiger partial charge on any atom is -0.486 e. The van der Waals surface area contributed by atoms with Crippen molar-refractivity contribution >= 4 is 17.4 Å². The fraction of sp³-hybridized carbons (Fsp3) is 0.312. The first-order valence-electron chi connectivity index (χ1n) is 13.5. The summed E-state index contributed by atoms with van der Waals surface area (Å²) < 4.78 is 13.8. The number of rotatable bonds is 11. The van der Waals surface area contributed by atoms with Crippen LogP contribution in [0.2, 0.25) is 5.15 Å². The molecule has 6 nitrogen and oxygen atoms in total. The second-order valence-corrected chi connectivity index (χ2v) is 10.3. The van der Waals surface area contributed by atoms with Crippen molar-refractivity contribution in [2.75, 3.05) is 13.2 Å². The summed E-state index contributed by atoms with van der Waals surface area (Å²) in [5.74, 6) is 2.50. The Hall–Kier alpha value is -3.61. The summed E-state index contributed by atoms with van der Waals surface area (Å²) in [7, 11) is 0. The topological polar surface area (TPSA) is 56.6 Å². The molecule has 4 aromatic rings. The molecule has 1 aliphatic heterocycles. The van der Waals surface area contributed by atoms with Crippen molar-refractivity contribution < 1.29 is 14.3 Å². The Morgan fingerprint density at radius 1 is 0.923 bits per heavy atom. The largest absolute Gasteiger partial charge is 0.486 e. The van der Waals surface area contributed by atoms with Gasteiger partial charge in [-0.25, -0.2) is 4.98 Å². The van der Waals surface area contributed by atoms with E-state index in [9.17, 15) is 4.79 Å². The zero-order chi connectivity index (χ0) is 27.2. The first-order chi connectivity index (χ1) is 19.0. The quantitative estimate of drug-likeness (QED) is 0.187. The van der Waals surface area contributed by atoms with Crippen LogP contribution in [-0.2, 0) is 26.2 Å². The van der Waals surface area contributed by atoms with Crippen molar-refractivity contribution in [2.45, 2.75) is 52.9 Å². The molecule has 1 aliphatic rings. The van der Waals surface area contributed by atoms with Crippen molar-refractivity contribution in [3.8, 4) is 22.9 Å². The van der Waals surface area contributed by atoms with Crippen LogP contribution in [0.25, 0.3) is 11.4 Å². The number of ether oxygens (including phenoxy) is 2. The van der Waals surface area contributed by atoms with Gasteiger partial charge in [0.15, 0.2) is 22.4 Å². The number of hydrogen-bond acceptors (Lipinski definition) is 5. The normalized spacial score (nSPS) is 12.6. The van der Waals surface area contributed by atoms with E-state index >= 15 is 0 Å². The second kappa shape index (κ2) is 12.5. The molecule has 1 aromatic heterocycles. The van der Waals surface area contributed by atoms with Gasteiger partial charge >= 0.3 is 0 Å². The molecule has 0 amide bonds. The number of fused-ring (bicyclic) bond motifs is 1. The van der Waals surface area contributed by atoms with Gasteiger partial charge in [0, 0.05) is 37.3 Å². The molecule has 7 heteroatoms. The van der Waals surface area contributed by atoms with Crippen LogP contribution < -0.4 is 9.47 Å². The molecule has 0 atom stereocenters. The molecule has 0 bridgehead atoms. The number of halogens is 1. The van der Waals surface area contributed by atoms with Crippen LogP contribution >= 0.6 is 11.6 Å². The van der Waals surface area contributed by atoms with Crippen LogP contribution in [0.4, 0.5) is 0 Å². The van der Waals surface area contributed by atoms with E-state index < -0.39 is 0 Å². The molecule has 0 fully saturated rings. The number of imidazole rings is 1. The molecule has 3 aromatic carbocycles. The van der Waals surface area contributed by atoms with E-state index in [0.717, 1.165) is 59.1 Å². The number of Topliss-reactive ketones (excluding diaryl/α,β-unsaturated/α-hetero) is 1. The lowest BCUT2D eigenvalue weighted by Crippen LogP contribution is -2.25. The molecular formula is C32H34ClN3O3. The van der Waals surface area contributed by atoms with Crippen LogP contribution in [0, 0.1) is 0 Å². The summed E-state index contributed by atoms with van der Waals surface area (Å²) in [6.07, 6.45) is 2.10. The lowest BCUT2D eigenvalue weighted by atomic mass is 10.1. The molecule has 0 saturated carbocycles. The van der Waals surface area contributed by atoms with Gasteiger partial charge in [0.05, 0.1) is 5.69 Å². The first-order valence-corrected chi connectivity index (χ1v) is 13.9. The third-order valence-electron chi connectivity index (χ3n) is 6.92. The average Bonchev–Trinajstić information content (AvgIpc) is 3.26. The number of aromatic nitrogens is 2. The summed E-state index contributed by atoms with van der Waals surface area (Å²) in [6.45, 7) is 7.65. The number of ketones is 1. The highest BCUT2D eigenvalue weighted by Gasteiger charge is 2.21.